The minimum Gasteiger partial charge on any atom is -0.496 e. The molecule has 194 valence electrons. The van der Waals surface area contributed by atoms with Gasteiger partial charge in [-0.25, -0.2) is 4.98 Å². The van der Waals surface area contributed by atoms with Crippen molar-refractivity contribution in [3.63, 3.8) is 0 Å². The van der Waals surface area contributed by atoms with Gasteiger partial charge in [0, 0.05) is 18.8 Å². The second-order valence-corrected chi connectivity index (χ2v) is 9.85. The molecule has 0 unspecified atom stereocenters. The third-order valence-electron chi connectivity index (χ3n) is 6.41. The maximum atomic E-state index is 13.4. The third kappa shape index (κ3) is 5.15. The number of benzene rings is 1. The van der Waals surface area contributed by atoms with Crippen molar-refractivity contribution in [3.05, 3.63) is 63.8 Å². The van der Waals surface area contributed by atoms with E-state index < -0.39 is 12.0 Å². The Hall–Kier alpha value is -3.54. The molecule has 0 bridgehead atoms. The first-order valence-electron chi connectivity index (χ1n) is 12.0. The van der Waals surface area contributed by atoms with E-state index >= 15 is 0 Å². The van der Waals surface area contributed by atoms with Gasteiger partial charge in [-0.05, 0) is 31.4 Å². The Kier molecular flexibility index (Phi) is 7.36. The van der Waals surface area contributed by atoms with E-state index in [4.69, 9.17) is 24.4 Å². The standard InChI is InChI=1S/C26H28N4O6S/c1-15-22-23(32)18(13-21(27)31)29-30(26(22)37-24(15)25-28-9-12-35-25)14-20(36-16-7-10-34-11-8-16)17-5-3-4-6-19(17)33-2/h3-6,9,12,16,20H,7-8,10-11,13-14H2,1-2H3,(H2,27,31)/t20-/m0/s1. The SMILES string of the molecule is COc1ccccc1[C@H](Cn1nc(CC(N)=O)c(=O)c2c(C)c(-c3ncco3)sc21)OC1CCOCC1. The van der Waals surface area contributed by atoms with E-state index in [1.165, 1.54) is 17.6 Å². The maximum Gasteiger partial charge on any atom is 0.236 e. The smallest absolute Gasteiger partial charge is 0.236 e. The number of primary amides is 1. The van der Waals surface area contributed by atoms with Gasteiger partial charge in [0.25, 0.3) is 0 Å². The number of carbonyl (C=O) groups excluding carboxylic acids is 1. The van der Waals surface area contributed by atoms with Gasteiger partial charge in [0.2, 0.25) is 17.2 Å². The van der Waals surface area contributed by atoms with E-state index in [1.807, 2.05) is 31.2 Å². The number of fused-ring (bicyclic) bond motifs is 1. The Labute approximate surface area is 217 Å². The first-order chi connectivity index (χ1) is 18.0. The van der Waals surface area contributed by atoms with E-state index in [0.29, 0.717) is 40.6 Å². The van der Waals surface area contributed by atoms with Gasteiger partial charge in [-0.15, -0.1) is 11.3 Å². The number of methoxy groups -OCH3 is 1. The van der Waals surface area contributed by atoms with Crippen LogP contribution in [0.15, 0.2) is 45.9 Å². The van der Waals surface area contributed by atoms with Crippen LogP contribution in [0.2, 0.25) is 0 Å². The number of carbonyl (C=O) groups is 1. The number of nitrogens with zero attached hydrogens (tertiary/aromatic N) is 3. The molecule has 1 amide bonds. The van der Waals surface area contributed by atoms with Crippen LogP contribution in [0, 0.1) is 6.92 Å². The van der Waals surface area contributed by atoms with E-state index in [1.54, 1.807) is 18.0 Å². The molecule has 0 spiro atoms. The molecule has 4 aromatic rings. The molecule has 3 aromatic heterocycles. The molecule has 0 aliphatic carbocycles. The van der Waals surface area contributed by atoms with Crippen LogP contribution < -0.4 is 15.9 Å². The first-order valence-corrected chi connectivity index (χ1v) is 12.8. The molecule has 4 heterocycles. The molecular weight excluding hydrogens is 496 g/mol. The van der Waals surface area contributed by atoms with E-state index in [-0.39, 0.29) is 30.2 Å². The summed E-state index contributed by atoms with van der Waals surface area (Å²) in [6.45, 7) is 3.39. The summed E-state index contributed by atoms with van der Waals surface area (Å²) in [6, 6.07) is 7.68. The molecule has 10 nitrogen and oxygen atoms in total. The van der Waals surface area contributed by atoms with E-state index in [0.717, 1.165) is 23.3 Å². The van der Waals surface area contributed by atoms with Crippen LogP contribution in [0.4, 0.5) is 0 Å². The Bertz CT molecular complexity index is 1460. The average molecular weight is 525 g/mol. The van der Waals surface area contributed by atoms with E-state index in [9.17, 15) is 9.59 Å². The molecule has 11 heteroatoms. The normalized spacial score (nSPS) is 15.2. The maximum absolute atomic E-state index is 13.4. The van der Waals surface area contributed by atoms with Gasteiger partial charge in [-0.2, -0.15) is 5.10 Å². The van der Waals surface area contributed by atoms with Crippen molar-refractivity contribution in [2.75, 3.05) is 20.3 Å². The molecule has 1 saturated heterocycles. The molecule has 1 fully saturated rings. The van der Waals surface area contributed by atoms with Crippen molar-refractivity contribution < 1.29 is 23.4 Å². The number of para-hydroxylation sites is 1. The summed E-state index contributed by atoms with van der Waals surface area (Å²) in [7, 11) is 1.62. The minimum absolute atomic E-state index is 0.00317. The Morgan fingerprint density at radius 3 is 2.78 bits per heavy atom. The number of oxazole rings is 1. The summed E-state index contributed by atoms with van der Waals surface area (Å²) >= 11 is 1.36. The van der Waals surface area contributed by atoms with Gasteiger partial charge in [0.05, 0.1) is 42.6 Å². The molecular formula is C26H28N4O6S. The highest BCUT2D eigenvalue weighted by atomic mass is 32.1. The van der Waals surface area contributed by atoms with Gasteiger partial charge >= 0.3 is 0 Å². The summed E-state index contributed by atoms with van der Waals surface area (Å²) < 4.78 is 25.0. The number of nitrogens with two attached hydrogens (primary N) is 1. The van der Waals surface area contributed by atoms with Crippen LogP contribution in [0.25, 0.3) is 21.0 Å². The lowest BCUT2D eigenvalue weighted by molar-refractivity contribution is -0.117. The summed E-state index contributed by atoms with van der Waals surface area (Å²) in [4.78, 5) is 30.8. The summed E-state index contributed by atoms with van der Waals surface area (Å²) in [5, 5.41) is 5.07. The fourth-order valence-electron chi connectivity index (χ4n) is 4.62. The second kappa shape index (κ2) is 10.8. The van der Waals surface area contributed by atoms with Gasteiger partial charge in [0.1, 0.15) is 28.6 Å². The highest BCUT2D eigenvalue weighted by molar-refractivity contribution is 7.22. The number of aromatic nitrogens is 3. The highest BCUT2D eigenvalue weighted by Gasteiger charge is 2.27. The zero-order valence-corrected chi connectivity index (χ0v) is 21.5. The fourth-order valence-corrected chi connectivity index (χ4v) is 5.83. The van der Waals surface area contributed by atoms with Gasteiger partial charge in [-0.1, -0.05) is 18.2 Å². The van der Waals surface area contributed by atoms with Crippen molar-refractivity contribution in [3.8, 4) is 16.5 Å². The van der Waals surface area contributed by atoms with Crippen molar-refractivity contribution in [2.45, 2.75) is 44.9 Å². The van der Waals surface area contributed by atoms with Crippen molar-refractivity contribution in [1.82, 2.24) is 14.8 Å². The number of ether oxygens (including phenoxy) is 3. The van der Waals surface area contributed by atoms with Gasteiger partial charge < -0.3 is 24.4 Å². The van der Waals surface area contributed by atoms with Crippen molar-refractivity contribution in [2.24, 2.45) is 5.73 Å². The number of hydrogen-bond donors (Lipinski definition) is 1. The summed E-state index contributed by atoms with van der Waals surface area (Å²) in [5.41, 5.74) is 6.80. The lowest BCUT2D eigenvalue weighted by Crippen LogP contribution is -2.29. The lowest BCUT2D eigenvalue weighted by Gasteiger charge is -2.29. The second-order valence-electron chi connectivity index (χ2n) is 8.85. The fraction of sp³-hybridized carbons (Fsp3) is 0.385. The van der Waals surface area contributed by atoms with Gasteiger partial charge in [0.15, 0.2) is 0 Å². The average Bonchev–Trinajstić information content (AvgIpc) is 3.55. The quantitative estimate of drug-likeness (QED) is 0.352. The lowest BCUT2D eigenvalue weighted by atomic mass is 10.1. The predicted molar refractivity (Wildman–Crippen MR) is 138 cm³/mol. The number of rotatable bonds is 9. The number of amides is 1. The van der Waals surface area contributed by atoms with Crippen LogP contribution in [0.3, 0.4) is 0 Å². The van der Waals surface area contributed by atoms with Crippen molar-refractivity contribution in [1.29, 1.82) is 0 Å². The molecule has 37 heavy (non-hydrogen) atoms. The van der Waals surface area contributed by atoms with Crippen molar-refractivity contribution >= 4 is 27.5 Å². The summed E-state index contributed by atoms with van der Waals surface area (Å²) in [5.74, 6) is 0.480. The van der Waals surface area contributed by atoms with Crippen LogP contribution >= 0.6 is 11.3 Å². The van der Waals surface area contributed by atoms with Crippen LogP contribution in [-0.2, 0) is 27.2 Å². The monoisotopic (exact) mass is 524 g/mol. The molecule has 1 aromatic carbocycles. The van der Waals surface area contributed by atoms with Crippen LogP contribution in [0.1, 0.15) is 35.8 Å². The van der Waals surface area contributed by atoms with Gasteiger partial charge in [-0.3, -0.25) is 14.3 Å². The zero-order valence-electron chi connectivity index (χ0n) is 20.6. The highest BCUT2D eigenvalue weighted by Crippen LogP contribution is 2.37. The van der Waals surface area contributed by atoms with E-state index in [2.05, 4.69) is 10.1 Å². The topological polar surface area (TPSA) is 132 Å². The third-order valence-corrected chi connectivity index (χ3v) is 7.70. The molecule has 1 aliphatic rings. The molecule has 5 rings (SSSR count). The number of thiophene rings is 1. The molecule has 0 saturated carbocycles. The number of aryl methyl sites for hydroxylation is 1. The van der Waals surface area contributed by atoms with Crippen LogP contribution in [0.5, 0.6) is 5.75 Å². The van der Waals surface area contributed by atoms with Crippen LogP contribution in [-0.4, -0.2) is 47.1 Å². The molecule has 2 N–H and O–H groups in total. The minimum atomic E-state index is -0.629. The first kappa shape index (κ1) is 25.1. The Balaban J connectivity index is 1.65. The largest absolute Gasteiger partial charge is 0.496 e. The molecule has 1 atom stereocenters. The Morgan fingerprint density at radius 1 is 1.30 bits per heavy atom. The molecule has 1 aliphatic heterocycles. The zero-order chi connectivity index (χ0) is 25.9. The predicted octanol–water partition coefficient (Wildman–Crippen LogP) is 3.39. The Morgan fingerprint density at radius 2 is 2.08 bits per heavy atom. The number of hydrogen-bond acceptors (Lipinski definition) is 9. The molecule has 0 radical (unpaired) electrons. The summed E-state index contributed by atoms with van der Waals surface area (Å²) in [6.07, 6.45) is 3.89.